The first kappa shape index (κ1) is 20.9. The number of nitrogens with zero attached hydrogens (tertiary/aromatic N) is 1. The summed E-state index contributed by atoms with van der Waals surface area (Å²) in [5, 5.41) is 1.34. The van der Waals surface area contributed by atoms with Crippen molar-refractivity contribution in [1.29, 1.82) is 0 Å². The molecule has 1 fully saturated rings. The van der Waals surface area contributed by atoms with Crippen LogP contribution in [-0.2, 0) is 10.4 Å². The Balaban J connectivity index is 2.07. The molecule has 1 heterocycles. The standard InChI is InChI=1S/C19H17Cl2F3N2O2/c1-10-5-11(3-4-15(10)17(25)27)16-9-18(19(22,23)24,28-26(16)2)12-6-13(20)8-14(21)7-12/h3-8,16H,9H2,1-2H3,(H2,25,27). The van der Waals surface area contributed by atoms with Crippen molar-refractivity contribution in [2.75, 3.05) is 7.05 Å². The molecule has 150 valence electrons. The molecule has 2 atom stereocenters. The molecule has 1 saturated heterocycles. The van der Waals surface area contributed by atoms with Crippen LogP contribution in [-0.4, -0.2) is 24.2 Å². The van der Waals surface area contributed by atoms with Crippen molar-refractivity contribution in [1.82, 2.24) is 5.06 Å². The number of amides is 1. The van der Waals surface area contributed by atoms with E-state index < -0.39 is 30.1 Å². The third-order valence-electron chi connectivity index (χ3n) is 4.91. The van der Waals surface area contributed by atoms with Crippen LogP contribution >= 0.6 is 23.2 Å². The van der Waals surface area contributed by atoms with Crippen molar-refractivity contribution in [2.45, 2.75) is 31.2 Å². The van der Waals surface area contributed by atoms with Gasteiger partial charge in [0.2, 0.25) is 11.5 Å². The number of carbonyl (C=O) groups excluding carboxylic acids is 1. The van der Waals surface area contributed by atoms with Crippen LogP contribution in [0.4, 0.5) is 13.2 Å². The topological polar surface area (TPSA) is 55.6 Å². The van der Waals surface area contributed by atoms with Gasteiger partial charge in [-0.25, -0.2) is 0 Å². The van der Waals surface area contributed by atoms with E-state index in [1.54, 1.807) is 19.1 Å². The summed E-state index contributed by atoms with van der Waals surface area (Å²) in [4.78, 5) is 16.8. The normalized spacial score (nSPS) is 23.2. The number of benzene rings is 2. The average Bonchev–Trinajstić information content (AvgIpc) is 2.92. The average molecular weight is 433 g/mol. The molecular formula is C19H17Cl2F3N2O2. The van der Waals surface area contributed by atoms with E-state index in [1.807, 2.05) is 0 Å². The van der Waals surface area contributed by atoms with E-state index in [4.69, 9.17) is 33.8 Å². The Kier molecular flexibility index (Phi) is 5.40. The quantitative estimate of drug-likeness (QED) is 0.727. The van der Waals surface area contributed by atoms with Gasteiger partial charge in [-0.1, -0.05) is 35.3 Å². The van der Waals surface area contributed by atoms with Crippen molar-refractivity contribution in [3.05, 3.63) is 68.7 Å². The summed E-state index contributed by atoms with van der Waals surface area (Å²) in [6.07, 6.45) is -5.12. The number of halogens is 5. The molecule has 9 heteroatoms. The van der Waals surface area contributed by atoms with E-state index >= 15 is 0 Å². The molecule has 0 aliphatic carbocycles. The van der Waals surface area contributed by atoms with Crippen molar-refractivity contribution in [3.8, 4) is 0 Å². The van der Waals surface area contributed by atoms with E-state index in [-0.39, 0.29) is 15.6 Å². The van der Waals surface area contributed by atoms with Crippen molar-refractivity contribution in [2.24, 2.45) is 5.73 Å². The molecule has 0 bridgehead atoms. The lowest BCUT2D eigenvalue weighted by molar-refractivity contribution is -0.322. The van der Waals surface area contributed by atoms with Crippen LogP contribution in [0.25, 0.3) is 0 Å². The molecule has 0 aromatic heterocycles. The predicted octanol–water partition coefficient (Wildman–Crippen LogP) is 5.17. The zero-order valence-corrected chi connectivity index (χ0v) is 16.5. The number of hydrogen-bond acceptors (Lipinski definition) is 3. The van der Waals surface area contributed by atoms with Gasteiger partial charge in [0.25, 0.3) is 0 Å². The molecule has 1 amide bonds. The summed E-state index contributed by atoms with van der Waals surface area (Å²) in [6.45, 7) is 1.67. The summed E-state index contributed by atoms with van der Waals surface area (Å²) in [5.74, 6) is -0.599. The molecule has 1 aliphatic rings. The number of aryl methyl sites for hydroxylation is 1. The van der Waals surface area contributed by atoms with E-state index in [1.165, 1.54) is 36.4 Å². The number of hydrogen-bond donors (Lipinski definition) is 1. The van der Waals surface area contributed by atoms with Crippen molar-refractivity contribution in [3.63, 3.8) is 0 Å². The third-order valence-corrected chi connectivity index (χ3v) is 5.34. The molecule has 2 N–H and O–H groups in total. The van der Waals surface area contributed by atoms with Gasteiger partial charge in [0.05, 0.1) is 6.04 Å². The lowest BCUT2D eigenvalue weighted by Crippen LogP contribution is -2.42. The minimum absolute atomic E-state index is 0.0856. The Labute approximate surface area is 169 Å². The maximum Gasteiger partial charge on any atom is 0.423 e. The molecule has 3 rings (SSSR count). The Hall–Kier alpha value is -1.80. The van der Waals surface area contributed by atoms with E-state index in [0.717, 1.165) is 0 Å². The highest BCUT2D eigenvalue weighted by molar-refractivity contribution is 6.34. The minimum atomic E-state index is -4.72. The smallest absolute Gasteiger partial charge is 0.366 e. The van der Waals surface area contributed by atoms with Crippen LogP contribution in [0.3, 0.4) is 0 Å². The number of carbonyl (C=O) groups is 1. The minimum Gasteiger partial charge on any atom is -0.366 e. The van der Waals surface area contributed by atoms with Crippen LogP contribution < -0.4 is 5.73 Å². The van der Waals surface area contributed by atoms with Gasteiger partial charge in [-0.15, -0.1) is 0 Å². The highest BCUT2D eigenvalue weighted by Crippen LogP contribution is 2.54. The van der Waals surface area contributed by atoms with Crippen molar-refractivity contribution >= 4 is 29.1 Å². The molecule has 2 aromatic carbocycles. The number of rotatable bonds is 3. The second-order valence-electron chi connectivity index (χ2n) is 6.78. The maximum atomic E-state index is 14.2. The van der Waals surface area contributed by atoms with Gasteiger partial charge in [0, 0.05) is 29.1 Å². The van der Waals surface area contributed by atoms with Gasteiger partial charge < -0.3 is 5.73 Å². The number of hydroxylamine groups is 2. The molecule has 0 saturated carbocycles. The first-order chi connectivity index (χ1) is 12.9. The Morgan fingerprint density at radius 1 is 1.21 bits per heavy atom. The van der Waals surface area contributed by atoms with Crippen LogP contribution in [0, 0.1) is 6.92 Å². The van der Waals surface area contributed by atoms with E-state index in [0.29, 0.717) is 16.7 Å². The lowest BCUT2D eigenvalue weighted by atomic mass is 9.85. The van der Waals surface area contributed by atoms with E-state index in [2.05, 4.69) is 0 Å². The van der Waals surface area contributed by atoms with Gasteiger partial charge in [-0.05, 0) is 47.9 Å². The molecule has 28 heavy (non-hydrogen) atoms. The predicted molar refractivity (Wildman–Crippen MR) is 100 cm³/mol. The Morgan fingerprint density at radius 3 is 2.32 bits per heavy atom. The first-order valence-electron chi connectivity index (χ1n) is 8.30. The summed E-state index contributed by atoms with van der Waals surface area (Å²) in [7, 11) is 1.43. The fourth-order valence-electron chi connectivity index (χ4n) is 3.53. The highest BCUT2D eigenvalue weighted by atomic mass is 35.5. The maximum absolute atomic E-state index is 14.2. The number of nitrogens with two attached hydrogens (primary N) is 1. The second kappa shape index (κ2) is 7.22. The van der Waals surface area contributed by atoms with Crippen LogP contribution in [0.15, 0.2) is 36.4 Å². The molecular weight excluding hydrogens is 416 g/mol. The molecule has 0 spiro atoms. The lowest BCUT2D eigenvalue weighted by Gasteiger charge is -2.31. The molecule has 2 aromatic rings. The molecule has 0 radical (unpaired) electrons. The Morgan fingerprint density at radius 2 is 1.82 bits per heavy atom. The van der Waals surface area contributed by atoms with Gasteiger partial charge in [-0.3, -0.25) is 9.63 Å². The molecule has 2 unspecified atom stereocenters. The van der Waals surface area contributed by atoms with Gasteiger partial charge in [-0.2, -0.15) is 18.2 Å². The van der Waals surface area contributed by atoms with Crippen LogP contribution in [0.5, 0.6) is 0 Å². The van der Waals surface area contributed by atoms with Crippen molar-refractivity contribution < 1.29 is 22.8 Å². The zero-order valence-electron chi connectivity index (χ0n) is 15.0. The van der Waals surface area contributed by atoms with E-state index in [9.17, 15) is 18.0 Å². The molecule has 4 nitrogen and oxygen atoms in total. The SMILES string of the molecule is Cc1cc(C2CC(c3cc(Cl)cc(Cl)c3)(C(F)(F)F)ON2C)ccc1C(N)=O. The molecule has 1 aliphatic heterocycles. The fourth-order valence-corrected chi connectivity index (χ4v) is 4.06. The Bertz CT molecular complexity index is 916. The van der Waals surface area contributed by atoms with Gasteiger partial charge in [0.1, 0.15) is 0 Å². The summed E-state index contributed by atoms with van der Waals surface area (Å²) >= 11 is 11.9. The van der Waals surface area contributed by atoms with Crippen LogP contribution in [0.1, 0.15) is 39.5 Å². The number of alkyl halides is 3. The van der Waals surface area contributed by atoms with Gasteiger partial charge in [0.15, 0.2) is 0 Å². The summed E-state index contributed by atoms with van der Waals surface area (Å²) in [6, 6.07) is 7.79. The zero-order chi connectivity index (χ0) is 20.9. The monoisotopic (exact) mass is 432 g/mol. The summed E-state index contributed by atoms with van der Waals surface area (Å²) in [5.41, 5.74) is 4.00. The fraction of sp³-hybridized carbons (Fsp3) is 0.316. The highest BCUT2D eigenvalue weighted by Gasteiger charge is 2.63. The third kappa shape index (κ3) is 3.59. The van der Waals surface area contributed by atoms with Gasteiger partial charge >= 0.3 is 6.18 Å². The summed E-state index contributed by atoms with van der Waals surface area (Å²) < 4.78 is 42.5. The van der Waals surface area contributed by atoms with Crippen LogP contribution in [0.2, 0.25) is 10.0 Å². The second-order valence-corrected chi connectivity index (χ2v) is 7.65. The largest absolute Gasteiger partial charge is 0.423 e. The number of primary amides is 1. The first-order valence-corrected chi connectivity index (χ1v) is 9.06.